The molecule has 5 nitrogen and oxygen atoms in total. The normalized spacial score (nSPS) is 10.7. The van der Waals surface area contributed by atoms with Gasteiger partial charge >= 0.3 is 0 Å². The van der Waals surface area contributed by atoms with Crippen LogP contribution in [0.1, 0.15) is 21.6 Å². The number of amides is 1. The molecule has 1 heterocycles. The number of aromatic nitrogens is 1. The molecular weight excluding hydrogens is 322 g/mol. The summed E-state index contributed by atoms with van der Waals surface area (Å²) in [5, 5.41) is 13.7. The maximum atomic E-state index is 11.7. The number of carbonyl (C=O) groups excluding carboxylic acids is 1. The van der Waals surface area contributed by atoms with Gasteiger partial charge in [-0.25, -0.2) is 5.43 Å². The SMILES string of the molecule is Cc1cc(Br)cc(/C=N\NC(=O)c2ccccn2)c1O. The molecule has 0 aliphatic rings. The van der Waals surface area contributed by atoms with Crippen LogP contribution >= 0.6 is 15.9 Å². The fraction of sp³-hybridized carbons (Fsp3) is 0.0714. The lowest BCUT2D eigenvalue weighted by molar-refractivity contribution is 0.0950. The molecule has 2 rings (SSSR count). The number of rotatable bonds is 3. The van der Waals surface area contributed by atoms with Crippen molar-refractivity contribution in [3.63, 3.8) is 0 Å². The van der Waals surface area contributed by atoms with Gasteiger partial charge in [-0.05, 0) is 36.8 Å². The van der Waals surface area contributed by atoms with Crippen molar-refractivity contribution in [2.24, 2.45) is 5.10 Å². The van der Waals surface area contributed by atoms with E-state index in [-0.39, 0.29) is 11.4 Å². The number of carbonyl (C=O) groups is 1. The maximum absolute atomic E-state index is 11.7. The average molecular weight is 334 g/mol. The minimum absolute atomic E-state index is 0.129. The van der Waals surface area contributed by atoms with Crippen LogP contribution in [0.5, 0.6) is 5.75 Å². The highest BCUT2D eigenvalue weighted by atomic mass is 79.9. The molecule has 0 saturated heterocycles. The van der Waals surface area contributed by atoms with Gasteiger partial charge in [-0.1, -0.05) is 22.0 Å². The van der Waals surface area contributed by atoms with Crippen LogP contribution in [0, 0.1) is 6.92 Å². The molecule has 1 amide bonds. The van der Waals surface area contributed by atoms with E-state index in [4.69, 9.17) is 0 Å². The molecule has 1 aromatic heterocycles. The van der Waals surface area contributed by atoms with E-state index in [2.05, 4.69) is 31.4 Å². The van der Waals surface area contributed by atoms with Crippen LogP contribution < -0.4 is 5.43 Å². The summed E-state index contributed by atoms with van der Waals surface area (Å²) in [5.74, 6) is -0.280. The smallest absolute Gasteiger partial charge is 0.289 e. The van der Waals surface area contributed by atoms with Crippen LogP contribution in [-0.4, -0.2) is 22.2 Å². The van der Waals surface area contributed by atoms with Crippen LogP contribution in [0.3, 0.4) is 0 Å². The zero-order valence-corrected chi connectivity index (χ0v) is 12.3. The molecule has 0 bridgehead atoms. The van der Waals surface area contributed by atoms with Crippen molar-refractivity contribution in [1.29, 1.82) is 0 Å². The fourth-order valence-corrected chi connectivity index (χ4v) is 2.16. The summed E-state index contributed by atoms with van der Waals surface area (Å²) in [4.78, 5) is 15.6. The highest BCUT2D eigenvalue weighted by molar-refractivity contribution is 9.10. The monoisotopic (exact) mass is 333 g/mol. The van der Waals surface area contributed by atoms with Crippen molar-refractivity contribution >= 4 is 28.1 Å². The molecule has 20 heavy (non-hydrogen) atoms. The Hall–Kier alpha value is -2.21. The molecule has 0 atom stereocenters. The first-order valence-corrected chi connectivity index (χ1v) is 6.61. The third-order valence-electron chi connectivity index (χ3n) is 2.56. The van der Waals surface area contributed by atoms with Gasteiger partial charge in [-0.3, -0.25) is 9.78 Å². The molecular formula is C14H12BrN3O2. The number of hydrogen-bond donors (Lipinski definition) is 2. The molecule has 0 aliphatic carbocycles. The number of nitrogens with one attached hydrogen (secondary N) is 1. The highest BCUT2D eigenvalue weighted by Gasteiger charge is 2.06. The number of nitrogens with zero attached hydrogens (tertiary/aromatic N) is 2. The van der Waals surface area contributed by atoms with Crippen molar-refractivity contribution in [3.05, 3.63) is 57.8 Å². The quantitative estimate of drug-likeness (QED) is 0.669. The van der Waals surface area contributed by atoms with E-state index < -0.39 is 5.91 Å². The number of aryl methyl sites for hydroxylation is 1. The second-order valence-electron chi connectivity index (χ2n) is 4.07. The molecule has 1 aromatic carbocycles. The van der Waals surface area contributed by atoms with Crippen LogP contribution in [-0.2, 0) is 0 Å². The second kappa shape index (κ2) is 6.29. The number of phenols is 1. The standard InChI is InChI=1S/C14H12BrN3O2/c1-9-6-11(15)7-10(13(9)19)8-17-18-14(20)12-4-2-3-5-16-12/h2-8,19H,1H3,(H,18,20)/b17-8-. The molecule has 0 radical (unpaired) electrons. The van der Waals surface area contributed by atoms with Crippen LogP contribution in [0.25, 0.3) is 0 Å². The average Bonchev–Trinajstić information content (AvgIpc) is 2.44. The lowest BCUT2D eigenvalue weighted by Crippen LogP contribution is -2.18. The Balaban J connectivity index is 2.10. The number of halogens is 1. The summed E-state index contributed by atoms with van der Waals surface area (Å²) in [5.41, 5.74) is 3.86. The maximum Gasteiger partial charge on any atom is 0.289 e. The summed E-state index contributed by atoms with van der Waals surface area (Å²) >= 11 is 3.33. The predicted octanol–water partition coefficient (Wildman–Crippen LogP) is 2.62. The third-order valence-corrected chi connectivity index (χ3v) is 3.02. The van der Waals surface area contributed by atoms with Gasteiger partial charge in [0.05, 0.1) is 6.21 Å². The van der Waals surface area contributed by atoms with Gasteiger partial charge in [0.25, 0.3) is 5.91 Å². The summed E-state index contributed by atoms with van der Waals surface area (Å²) in [7, 11) is 0. The summed E-state index contributed by atoms with van der Waals surface area (Å²) in [6.07, 6.45) is 2.91. The van der Waals surface area contributed by atoms with Gasteiger partial charge < -0.3 is 5.11 Å². The van der Waals surface area contributed by atoms with E-state index in [1.165, 1.54) is 12.4 Å². The Morgan fingerprint density at radius 1 is 1.45 bits per heavy atom. The van der Waals surface area contributed by atoms with E-state index in [1.807, 2.05) is 0 Å². The minimum atomic E-state index is -0.409. The van der Waals surface area contributed by atoms with Gasteiger partial charge in [0.2, 0.25) is 0 Å². The molecule has 0 saturated carbocycles. The summed E-state index contributed by atoms with van der Waals surface area (Å²) in [6.45, 7) is 1.78. The molecule has 2 aromatic rings. The second-order valence-corrected chi connectivity index (χ2v) is 4.99. The minimum Gasteiger partial charge on any atom is -0.507 e. The Morgan fingerprint density at radius 2 is 2.25 bits per heavy atom. The zero-order valence-electron chi connectivity index (χ0n) is 10.7. The topological polar surface area (TPSA) is 74.6 Å². The molecule has 0 aliphatic heterocycles. The Bertz CT molecular complexity index is 657. The molecule has 6 heteroatoms. The third kappa shape index (κ3) is 3.42. The molecule has 102 valence electrons. The molecule has 0 spiro atoms. The Labute approximate surface area is 124 Å². The highest BCUT2D eigenvalue weighted by Crippen LogP contribution is 2.25. The van der Waals surface area contributed by atoms with Gasteiger partial charge in [0, 0.05) is 16.2 Å². The van der Waals surface area contributed by atoms with Gasteiger partial charge in [-0.15, -0.1) is 0 Å². The first-order valence-electron chi connectivity index (χ1n) is 5.81. The van der Waals surface area contributed by atoms with Crippen molar-refractivity contribution in [3.8, 4) is 5.75 Å². The Kier molecular flexibility index (Phi) is 4.47. The van der Waals surface area contributed by atoms with Crippen molar-refractivity contribution in [2.75, 3.05) is 0 Å². The zero-order chi connectivity index (χ0) is 14.5. The van der Waals surface area contributed by atoms with Crippen molar-refractivity contribution < 1.29 is 9.90 Å². The largest absolute Gasteiger partial charge is 0.507 e. The van der Waals surface area contributed by atoms with Gasteiger partial charge in [0.1, 0.15) is 11.4 Å². The number of benzene rings is 1. The first kappa shape index (κ1) is 14.2. The number of hydrazone groups is 1. The van der Waals surface area contributed by atoms with Gasteiger partial charge in [0.15, 0.2) is 0 Å². The summed E-state index contributed by atoms with van der Waals surface area (Å²) in [6, 6.07) is 8.53. The van der Waals surface area contributed by atoms with Crippen LogP contribution in [0.2, 0.25) is 0 Å². The molecule has 0 unspecified atom stereocenters. The fourth-order valence-electron chi connectivity index (χ4n) is 1.57. The van der Waals surface area contributed by atoms with Gasteiger partial charge in [-0.2, -0.15) is 5.10 Å². The number of pyridine rings is 1. The van der Waals surface area contributed by atoms with E-state index in [0.29, 0.717) is 5.56 Å². The lowest BCUT2D eigenvalue weighted by Gasteiger charge is -2.04. The van der Waals surface area contributed by atoms with E-state index in [1.54, 1.807) is 37.3 Å². The summed E-state index contributed by atoms with van der Waals surface area (Å²) < 4.78 is 0.824. The number of hydrogen-bond acceptors (Lipinski definition) is 4. The van der Waals surface area contributed by atoms with Crippen LogP contribution in [0.15, 0.2) is 46.1 Å². The van der Waals surface area contributed by atoms with E-state index >= 15 is 0 Å². The molecule has 0 fully saturated rings. The first-order chi connectivity index (χ1) is 9.58. The number of aromatic hydroxyl groups is 1. The van der Waals surface area contributed by atoms with E-state index in [9.17, 15) is 9.90 Å². The number of phenolic OH excluding ortho intramolecular Hbond substituents is 1. The molecule has 2 N–H and O–H groups in total. The Morgan fingerprint density at radius 3 is 2.95 bits per heavy atom. The van der Waals surface area contributed by atoms with Crippen molar-refractivity contribution in [1.82, 2.24) is 10.4 Å². The van der Waals surface area contributed by atoms with E-state index in [0.717, 1.165) is 10.0 Å². The lowest BCUT2D eigenvalue weighted by atomic mass is 10.1. The van der Waals surface area contributed by atoms with Crippen molar-refractivity contribution in [2.45, 2.75) is 6.92 Å². The van der Waals surface area contributed by atoms with Crippen LogP contribution in [0.4, 0.5) is 0 Å². The predicted molar refractivity (Wildman–Crippen MR) is 79.8 cm³/mol.